The van der Waals surface area contributed by atoms with Gasteiger partial charge in [0.25, 0.3) is 5.91 Å². The average molecular weight is 509 g/mol. The highest BCUT2D eigenvalue weighted by Gasteiger charge is 2.44. The van der Waals surface area contributed by atoms with Gasteiger partial charge in [-0.3, -0.25) is 4.79 Å². The zero-order chi connectivity index (χ0) is 25.5. The van der Waals surface area contributed by atoms with Crippen molar-refractivity contribution in [3.8, 4) is 17.6 Å². The topological polar surface area (TPSA) is 88.9 Å². The zero-order valence-electron chi connectivity index (χ0n) is 20.3. The predicted octanol–water partition coefficient (Wildman–Crippen LogP) is 4.74. The molecule has 0 unspecified atom stereocenters. The number of rotatable bonds is 3. The van der Waals surface area contributed by atoms with Crippen LogP contribution < -0.4 is 10.5 Å². The second kappa shape index (κ2) is 9.32. The number of fused-ring (bicyclic) bond motifs is 2. The Kier molecular flexibility index (Phi) is 6.33. The highest BCUT2D eigenvalue weighted by molar-refractivity contribution is 8.28. The first-order chi connectivity index (χ1) is 17.2. The van der Waals surface area contributed by atoms with E-state index in [1.54, 1.807) is 41.7 Å². The first-order valence-electron chi connectivity index (χ1n) is 11.8. The SMILES string of the molecule is CS(C)(O)c1cc(C(=O)N2CCC3(CC2)COc2ccc(CN)cc23)oc1C#Cc1ccccc1F. The molecule has 188 valence electrons. The minimum atomic E-state index is -2.24. The van der Waals surface area contributed by atoms with E-state index in [1.165, 1.54) is 11.6 Å². The van der Waals surface area contributed by atoms with E-state index in [0.29, 0.717) is 31.1 Å². The molecule has 3 heterocycles. The van der Waals surface area contributed by atoms with Crippen LogP contribution in [0.2, 0.25) is 0 Å². The number of ether oxygens (including phenoxy) is 1. The van der Waals surface area contributed by atoms with E-state index in [0.717, 1.165) is 24.2 Å². The molecule has 1 aromatic heterocycles. The number of hydrogen-bond acceptors (Lipinski definition) is 5. The quantitative estimate of drug-likeness (QED) is 0.499. The number of carbonyl (C=O) groups excluding carboxylic acids is 1. The predicted molar refractivity (Wildman–Crippen MR) is 138 cm³/mol. The maximum atomic E-state index is 14.0. The summed E-state index contributed by atoms with van der Waals surface area (Å²) >= 11 is 0. The molecule has 6 nitrogen and oxygen atoms in total. The molecule has 8 heteroatoms. The van der Waals surface area contributed by atoms with E-state index in [1.807, 2.05) is 12.1 Å². The fourth-order valence-electron chi connectivity index (χ4n) is 4.87. The average Bonchev–Trinajstić information content (AvgIpc) is 3.46. The Morgan fingerprint density at radius 3 is 2.61 bits per heavy atom. The number of likely N-dealkylation sites (tertiary alicyclic amines) is 1. The summed E-state index contributed by atoms with van der Waals surface area (Å²) < 4.78 is 36.6. The smallest absolute Gasteiger partial charge is 0.289 e. The molecule has 3 aromatic rings. The van der Waals surface area contributed by atoms with Crippen LogP contribution in [0, 0.1) is 17.7 Å². The van der Waals surface area contributed by atoms with Gasteiger partial charge in [-0.05, 0) is 55.0 Å². The zero-order valence-corrected chi connectivity index (χ0v) is 21.2. The lowest BCUT2D eigenvalue weighted by molar-refractivity contribution is 0.0615. The fraction of sp³-hybridized carbons (Fsp3) is 0.321. The first kappa shape index (κ1) is 24.4. The van der Waals surface area contributed by atoms with Crippen LogP contribution in [-0.2, 0) is 12.0 Å². The Morgan fingerprint density at radius 1 is 1.17 bits per heavy atom. The molecule has 1 fully saturated rings. The van der Waals surface area contributed by atoms with Crippen molar-refractivity contribution in [3.05, 3.63) is 82.6 Å². The lowest BCUT2D eigenvalue weighted by atomic mass is 9.74. The van der Waals surface area contributed by atoms with Crippen LogP contribution in [0.15, 0.2) is 57.8 Å². The van der Waals surface area contributed by atoms with Crippen molar-refractivity contribution in [2.45, 2.75) is 29.7 Å². The van der Waals surface area contributed by atoms with Gasteiger partial charge < -0.3 is 24.3 Å². The van der Waals surface area contributed by atoms with Gasteiger partial charge in [-0.15, -0.1) is 10.3 Å². The maximum Gasteiger partial charge on any atom is 0.289 e. The summed E-state index contributed by atoms with van der Waals surface area (Å²) in [4.78, 5) is 15.6. The third-order valence-electron chi connectivity index (χ3n) is 6.99. The van der Waals surface area contributed by atoms with Crippen molar-refractivity contribution in [2.24, 2.45) is 5.73 Å². The van der Waals surface area contributed by atoms with Gasteiger partial charge in [0.05, 0.1) is 17.1 Å². The Morgan fingerprint density at radius 2 is 1.92 bits per heavy atom. The molecule has 2 aliphatic rings. The number of carbonyl (C=O) groups is 1. The minimum Gasteiger partial charge on any atom is -0.492 e. The molecule has 0 atom stereocenters. The number of piperidine rings is 1. The van der Waals surface area contributed by atoms with Crippen molar-refractivity contribution < 1.29 is 22.9 Å². The molecule has 1 saturated heterocycles. The normalized spacial score (nSPS) is 16.8. The maximum absolute atomic E-state index is 14.0. The number of benzene rings is 2. The molecule has 1 amide bonds. The van der Waals surface area contributed by atoms with Gasteiger partial charge in [0.15, 0.2) is 11.5 Å². The Bertz CT molecular complexity index is 1370. The molecule has 0 radical (unpaired) electrons. The van der Waals surface area contributed by atoms with E-state index >= 15 is 0 Å². The molecule has 3 N–H and O–H groups in total. The first-order valence-corrected chi connectivity index (χ1v) is 14.2. The third-order valence-corrected chi connectivity index (χ3v) is 8.37. The van der Waals surface area contributed by atoms with Gasteiger partial charge in [0, 0.05) is 36.7 Å². The van der Waals surface area contributed by atoms with Gasteiger partial charge in [-0.25, -0.2) is 4.39 Å². The van der Waals surface area contributed by atoms with Crippen molar-refractivity contribution in [1.29, 1.82) is 0 Å². The van der Waals surface area contributed by atoms with Crippen molar-refractivity contribution >= 4 is 16.2 Å². The standard InChI is InChI=1S/C28H29FN2O4S/c1-36(2,33)26-16-25(35-24(26)10-8-20-5-3-4-6-22(20)29)27(32)31-13-11-28(12-14-31)18-34-23-9-7-19(17-30)15-21(23)28/h3-7,9,15-16,33H,11-14,17-18,30H2,1-2H3. The Hall–Kier alpha value is -3.25. The number of halogens is 1. The molecule has 0 bridgehead atoms. The molecule has 2 aromatic carbocycles. The summed E-state index contributed by atoms with van der Waals surface area (Å²) in [5, 5.41) is 0. The van der Waals surface area contributed by atoms with Crippen LogP contribution >= 0.6 is 10.3 Å². The third kappa shape index (κ3) is 4.50. The highest BCUT2D eigenvalue weighted by atomic mass is 32.3. The number of hydrogen-bond donors (Lipinski definition) is 2. The van der Waals surface area contributed by atoms with Gasteiger partial charge in [0.1, 0.15) is 11.6 Å². The van der Waals surface area contributed by atoms with E-state index in [9.17, 15) is 13.7 Å². The summed E-state index contributed by atoms with van der Waals surface area (Å²) in [6.07, 6.45) is 4.89. The van der Waals surface area contributed by atoms with Crippen LogP contribution in [0.3, 0.4) is 0 Å². The van der Waals surface area contributed by atoms with E-state index in [-0.39, 0.29) is 28.4 Å². The second-order valence-corrected chi connectivity index (χ2v) is 12.7. The fourth-order valence-corrected chi connectivity index (χ4v) is 5.81. The van der Waals surface area contributed by atoms with Crippen molar-refractivity contribution in [3.63, 3.8) is 0 Å². The summed E-state index contributed by atoms with van der Waals surface area (Å²) in [7, 11) is -2.24. The summed E-state index contributed by atoms with van der Waals surface area (Å²) in [6.45, 7) is 2.17. The van der Waals surface area contributed by atoms with Crippen molar-refractivity contribution in [1.82, 2.24) is 4.90 Å². The molecular weight excluding hydrogens is 479 g/mol. The van der Waals surface area contributed by atoms with Crippen molar-refractivity contribution in [2.75, 3.05) is 32.2 Å². The van der Waals surface area contributed by atoms with E-state index in [2.05, 4.69) is 17.9 Å². The van der Waals surface area contributed by atoms with Gasteiger partial charge >= 0.3 is 0 Å². The van der Waals surface area contributed by atoms with Gasteiger partial charge in [-0.2, -0.15) is 0 Å². The van der Waals surface area contributed by atoms with Crippen LogP contribution in [0.1, 0.15) is 45.8 Å². The monoisotopic (exact) mass is 508 g/mol. The number of nitrogens with two attached hydrogens (primary N) is 1. The lowest BCUT2D eigenvalue weighted by Crippen LogP contribution is -2.46. The van der Waals surface area contributed by atoms with Crippen LogP contribution in [0.4, 0.5) is 4.39 Å². The summed E-state index contributed by atoms with van der Waals surface area (Å²) in [6, 6.07) is 13.9. The van der Waals surface area contributed by atoms with Crippen LogP contribution in [-0.4, -0.2) is 47.6 Å². The molecular formula is C28H29FN2O4S. The van der Waals surface area contributed by atoms with Crippen LogP contribution in [0.5, 0.6) is 5.75 Å². The highest BCUT2D eigenvalue weighted by Crippen LogP contribution is 2.48. The Balaban J connectivity index is 1.37. The van der Waals surface area contributed by atoms with Gasteiger partial charge in [0.2, 0.25) is 0 Å². The molecule has 0 saturated carbocycles. The summed E-state index contributed by atoms with van der Waals surface area (Å²) in [5.74, 6) is 6.11. The molecule has 5 rings (SSSR count). The molecule has 1 spiro atoms. The van der Waals surface area contributed by atoms with E-state index < -0.39 is 16.1 Å². The number of furan rings is 1. The molecule has 2 aliphatic heterocycles. The largest absolute Gasteiger partial charge is 0.492 e. The number of amides is 1. The Labute approximate surface area is 211 Å². The summed E-state index contributed by atoms with van der Waals surface area (Å²) in [5.41, 5.74) is 8.18. The molecule has 0 aliphatic carbocycles. The lowest BCUT2D eigenvalue weighted by Gasteiger charge is -2.38. The number of nitrogens with zero attached hydrogens (tertiary/aromatic N) is 1. The second-order valence-electron chi connectivity index (χ2n) is 9.70. The molecule has 36 heavy (non-hydrogen) atoms. The minimum absolute atomic E-state index is 0.126. The van der Waals surface area contributed by atoms with E-state index in [4.69, 9.17) is 14.9 Å². The van der Waals surface area contributed by atoms with Gasteiger partial charge in [-0.1, -0.05) is 30.2 Å². The van der Waals surface area contributed by atoms with Crippen LogP contribution in [0.25, 0.3) is 0 Å².